The van der Waals surface area contributed by atoms with E-state index < -0.39 is 0 Å². The number of carbonyl (C=O) groups is 1. The van der Waals surface area contributed by atoms with Crippen LogP contribution in [0.3, 0.4) is 0 Å². The van der Waals surface area contributed by atoms with Gasteiger partial charge in [-0.15, -0.1) is 0 Å². The Kier molecular flexibility index (Phi) is 7.37. The number of anilines is 1. The molecule has 1 amide bonds. The molecule has 0 saturated carbocycles. The average Bonchev–Trinajstić information content (AvgIpc) is 2.91. The van der Waals surface area contributed by atoms with Crippen molar-refractivity contribution in [1.29, 1.82) is 0 Å². The van der Waals surface area contributed by atoms with Crippen LogP contribution in [0, 0.1) is 0 Å². The molecule has 0 bridgehead atoms. The van der Waals surface area contributed by atoms with Crippen molar-refractivity contribution in [1.82, 2.24) is 20.1 Å². The lowest BCUT2D eigenvalue weighted by atomic mass is 10.0. The summed E-state index contributed by atoms with van der Waals surface area (Å²) in [4.78, 5) is 22.2. The van der Waals surface area contributed by atoms with Crippen LogP contribution in [0.15, 0.2) is 54.6 Å². The van der Waals surface area contributed by atoms with Gasteiger partial charge in [0.15, 0.2) is 0 Å². The highest BCUT2D eigenvalue weighted by Crippen LogP contribution is 2.28. The van der Waals surface area contributed by atoms with Crippen molar-refractivity contribution in [2.75, 3.05) is 57.7 Å². The van der Waals surface area contributed by atoms with Gasteiger partial charge in [-0.2, -0.15) is 0 Å². The van der Waals surface area contributed by atoms with Crippen molar-refractivity contribution in [2.45, 2.75) is 25.7 Å². The van der Waals surface area contributed by atoms with Crippen LogP contribution >= 0.6 is 0 Å². The first-order valence-electron chi connectivity index (χ1n) is 12.7. The maximum atomic E-state index is 12.8. The third-order valence-corrected chi connectivity index (χ3v) is 6.96. The maximum Gasteiger partial charge on any atom is 0.253 e. The van der Waals surface area contributed by atoms with Crippen LogP contribution in [-0.4, -0.2) is 73.0 Å². The number of piperidine rings is 1. The van der Waals surface area contributed by atoms with Gasteiger partial charge >= 0.3 is 0 Å². The number of nitrogens with zero attached hydrogens (tertiary/aromatic N) is 3. The van der Waals surface area contributed by atoms with E-state index in [4.69, 9.17) is 4.98 Å². The highest BCUT2D eigenvalue weighted by molar-refractivity contribution is 5.96. The van der Waals surface area contributed by atoms with Crippen LogP contribution in [0.4, 0.5) is 5.69 Å². The number of rotatable bonds is 7. The lowest BCUT2D eigenvalue weighted by Crippen LogP contribution is -2.46. The number of carbonyl (C=O) groups excluding carboxylic acids is 1. The Hall–Kier alpha value is -2.96. The van der Waals surface area contributed by atoms with Gasteiger partial charge in [0.1, 0.15) is 0 Å². The predicted molar refractivity (Wildman–Crippen MR) is 139 cm³/mol. The molecule has 34 heavy (non-hydrogen) atoms. The van der Waals surface area contributed by atoms with Crippen molar-refractivity contribution in [2.24, 2.45) is 0 Å². The van der Waals surface area contributed by atoms with Crippen LogP contribution < -0.4 is 10.6 Å². The molecule has 2 aliphatic rings. The predicted octanol–water partition coefficient (Wildman–Crippen LogP) is 4.24. The van der Waals surface area contributed by atoms with Gasteiger partial charge in [-0.3, -0.25) is 4.79 Å². The third kappa shape index (κ3) is 5.40. The van der Waals surface area contributed by atoms with Gasteiger partial charge in [-0.1, -0.05) is 36.8 Å². The monoisotopic (exact) mass is 457 g/mol. The average molecular weight is 458 g/mol. The molecule has 1 aromatic heterocycles. The Morgan fingerprint density at radius 3 is 2.50 bits per heavy atom. The van der Waals surface area contributed by atoms with E-state index in [0.29, 0.717) is 0 Å². The topological polar surface area (TPSA) is 60.5 Å². The first-order valence-corrected chi connectivity index (χ1v) is 12.7. The molecule has 0 spiro atoms. The molecule has 2 aliphatic heterocycles. The molecule has 6 heteroatoms. The molecule has 5 rings (SSSR count). The highest BCUT2D eigenvalue weighted by Gasteiger charge is 2.18. The molecule has 0 radical (unpaired) electrons. The molecular weight excluding hydrogens is 422 g/mol. The van der Waals surface area contributed by atoms with E-state index in [1.165, 1.54) is 32.4 Å². The third-order valence-electron chi connectivity index (χ3n) is 6.96. The fourth-order valence-electron chi connectivity index (χ4n) is 5.01. The lowest BCUT2D eigenvalue weighted by Gasteiger charge is -2.27. The lowest BCUT2D eigenvalue weighted by molar-refractivity contribution is 0.0736. The minimum atomic E-state index is 0.107. The summed E-state index contributed by atoms with van der Waals surface area (Å²) < 4.78 is 0. The van der Waals surface area contributed by atoms with E-state index >= 15 is 0 Å². The second-order valence-corrected chi connectivity index (χ2v) is 9.37. The largest absolute Gasteiger partial charge is 0.384 e. The molecule has 0 atom stereocenters. The Balaban J connectivity index is 1.30. The zero-order chi connectivity index (χ0) is 23.2. The quantitative estimate of drug-likeness (QED) is 0.520. The van der Waals surface area contributed by atoms with E-state index in [9.17, 15) is 4.79 Å². The molecule has 0 unspecified atom stereocenters. The summed E-state index contributed by atoms with van der Waals surface area (Å²) in [6.45, 7) is 7.84. The van der Waals surface area contributed by atoms with Gasteiger partial charge in [-0.05, 0) is 63.2 Å². The standard InChI is InChI=1S/C28H35N5O/c34-28(33-19-14-29-15-20-33)23-11-9-22(10-12-23)26-21-27(24-7-2-3-8-25(24)31-26)30-13-6-18-32-16-4-1-5-17-32/h2-3,7-12,21,29H,1,4-6,13-20H2,(H,30,31). The number of amides is 1. The van der Waals surface area contributed by atoms with Gasteiger partial charge in [0.05, 0.1) is 11.2 Å². The highest BCUT2D eigenvalue weighted by atomic mass is 16.2. The summed E-state index contributed by atoms with van der Waals surface area (Å²) in [5.41, 5.74) is 4.81. The Labute approximate surface area is 202 Å². The molecule has 178 valence electrons. The molecule has 2 saturated heterocycles. The number of para-hydroxylation sites is 1. The van der Waals surface area contributed by atoms with Gasteiger partial charge in [0, 0.05) is 54.9 Å². The molecule has 2 aromatic carbocycles. The summed E-state index contributed by atoms with van der Waals surface area (Å²) in [5, 5.41) is 8.12. The van der Waals surface area contributed by atoms with E-state index in [2.05, 4.69) is 39.8 Å². The van der Waals surface area contributed by atoms with E-state index in [0.717, 1.165) is 79.1 Å². The molecule has 6 nitrogen and oxygen atoms in total. The molecule has 3 heterocycles. The van der Waals surface area contributed by atoms with E-state index in [-0.39, 0.29) is 5.91 Å². The van der Waals surface area contributed by atoms with Crippen LogP contribution in [-0.2, 0) is 0 Å². The summed E-state index contributed by atoms with van der Waals surface area (Å²) in [6.07, 6.45) is 5.19. The zero-order valence-electron chi connectivity index (χ0n) is 19.9. The van der Waals surface area contributed by atoms with Crippen molar-refractivity contribution in [3.63, 3.8) is 0 Å². The van der Waals surface area contributed by atoms with Gasteiger partial charge in [0.25, 0.3) is 5.91 Å². The number of pyridine rings is 1. The Bertz CT molecular complexity index is 1100. The number of fused-ring (bicyclic) bond motifs is 1. The number of hydrogen-bond donors (Lipinski definition) is 2. The van der Waals surface area contributed by atoms with Crippen LogP contribution in [0.25, 0.3) is 22.2 Å². The van der Waals surface area contributed by atoms with Gasteiger partial charge in [0.2, 0.25) is 0 Å². The van der Waals surface area contributed by atoms with Crippen molar-refractivity contribution < 1.29 is 4.79 Å². The van der Waals surface area contributed by atoms with Crippen molar-refractivity contribution in [3.8, 4) is 11.3 Å². The van der Waals surface area contributed by atoms with Gasteiger partial charge < -0.3 is 20.4 Å². The Morgan fingerprint density at radius 1 is 0.941 bits per heavy atom. The number of benzene rings is 2. The zero-order valence-corrected chi connectivity index (χ0v) is 19.9. The second-order valence-electron chi connectivity index (χ2n) is 9.37. The summed E-state index contributed by atoms with van der Waals surface area (Å²) in [5.74, 6) is 0.107. The molecule has 3 aromatic rings. The fourth-order valence-corrected chi connectivity index (χ4v) is 5.01. The molecule has 2 N–H and O–H groups in total. The summed E-state index contributed by atoms with van der Waals surface area (Å²) in [7, 11) is 0. The summed E-state index contributed by atoms with van der Waals surface area (Å²) in [6, 6.07) is 18.4. The van der Waals surface area contributed by atoms with E-state index in [1.807, 2.05) is 35.2 Å². The number of hydrogen-bond acceptors (Lipinski definition) is 5. The van der Waals surface area contributed by atoms with Crippen molar-refractivity contribution >= 4 is 22.5 Å². The van der Waals surface area contributed by atoms with Crippen LogP contribution in [0.5, 0.6) is 0 Å². The maximum absolute atomic E-state index is 12.8. The number of likely N-dealkylation sites (tertiary alicyclic amines) is 1. The smallest absolute Gasteiger partial charge is 0.253 e. The molecule has 0 aliphatic carbocycles. The van der Waals surface area contributed by atoms with Crippen LogP contribution in [0.2, 0.25) is 0 Å². The number of aromatic nitrogens is 1. The van der Waals surface area contributed by atoms with Crippen LogP contribution in [0.1, 0.15) is 36.0 Å². The molecular formula is C28H35N5O. The van der Waals surface area contributed by atoms with E-state index in [1.54, 1.807) is 0 Å². The number of nitrogens with one attached hydrogen (secondary N) is 2. The van der Waals surface area contributed by atoms with Crippen molar-refractivity contribution in [3.05, 3.63) is 60.2 Å². The minimum Gasteiger partial charge on any atom is -0.384 e. The minimum absolute atomic E-state index is 0.107. The SMILES string of the molecule is O=C(c1ccc(-c2cc(NCCCN3CCCCC3)c3ccccc3n2)cc1)N1CCNCC1. The first kappa shape index (κ1) is 22.8. The first-order chi connectivity index (χ1) is 16.8. The van der Waals surface area contributed by atoms with Gasteiger partial charge in [-0.25, -0.2) is 4.98 Å². The Morgan fingerprint density at radius 2 is 1.71 bits per heavy atom. The second kappa shape index (κ2) is 11.0. The number of piperazine rings is 1. The summed E-state index contributed by atoms with van der Waals surface area (Å²) >= 11 is 0. The fraction of sp³-hybridized carbons (Fsp3) is 0.429. The molecule has 2 fully saturated rings. The normalized spacial score (nSPS) is 17.1.